The van der Waals surface area contributed by atoms with Crippen molar-refractivity contribution in [1.29, 1.82) is 0 Å². The summed E-state index contributed by atoms with van der Waals surface area (Å²) in [5, 5.41) is 9.22. The van der Waals surface area contributed by atoms with Crippen LogP contribution in [0.3, 0.4) is 0 Å². The molecular formula is C20H16FNO4S2. The minimum atomic E-state index is -1.06. The zero-order valence-corrected chi connectivity index (χ0v) is 16.4. The number of rotatable bonds is 6. The number of carboxylic acids is 1. The third kappa shape index (κ3) is 4.23. The van der Waals surface area contributed by atoms with E-state index >= 15 is 0 Å². The lowest BCUT2D eigenvalue weighted by atomic mass is 10.1. The highest BCUT2D eigenvalue weighted by atomic mass is 32.2. The van der Waals surface area contributed by atoms with Crippen LogP contribution in [0.15, 0.2) is 53.4 Å². The van der Waals surface area contributed by atoms with Crippen molar-refractivity contribution in [3.63, 3.8) is 0 Å². The quantitative estimate of drug-likeness (QED) is 0.552. The van der Waals surface area contributed by atoms with Crippen molar-refractivity contribution in [2.75, 3.05) is 4.90 Å². The summed E-state index contributed by atoms with van der Waals surface area (Å²) in [6.45, 7) is 1.71. The second-order valence-corrected chi connectivity index (χ2v) is 7.56. The highest BCUT2D eigenvalue weighted by Crippen LogP contribution is 2.37. The van der Waals surface area contributed by atoms with Gasteiger partial charge in [0.2, 0.25) is 0 Å². The minimum Gasteiger partial charge on any atom is -0.479 e. The highest BCUT2D eigenvalue weighted by molar-refractivity contribution is 8.27. The van der Waals surface area contributed by atoms with E-state index in [2.05, 4.69) is 0 Å². The van der Waals surface area contributed by atoms with Gasteiger partial charge in [0.05, 0.1) is 10.6 Å². The van der Waals surface area contributed by atoms with Crippen LogP contribution in [0.5, 0.6) is 5.75 Å². The summed E-state index contributed by atoms with van der Waals surface area (Å²) < 4.78 is 19.4. The zero-order valence-electron chi connectivity index (χ0n) is 14.8. The van der Waals surface area contributed by atoms with Crippen molar-refractivity contribution in [2.45, 2.75) is 19.4 Å². The molecule has 28 heavy (non-hydrogen) atoms. The number of anilines is 1. The molecule has 0 aromatic heterocycles. The maximum atomic E-state index is 13.5. The summed E-state index contributed by atoms with van der Waals surface area (Å²) in [4.78, 5) is 25.7. The molecule has 0 radical (unpaired) electrons. The van der Waals surface area contributed by atoms with Gasteiger partial charge in [0.15, 0.2) is 10.4 Å². The SMILES string of the molecule is CCC(Oc1ccccc1/C=C1/SC(=S)N(c2cccc(F)c2)C1=O)C(=O)O. The second-order valence-electron chi connectivity index (χ2n) is 5.89. The van der Waals surface area contributed by atoms with E-state index in [1.54, 1.807) is 43.3 Å². The van der Waals surface area contributed by atoms with Crippen molar-refractivity contribution in [3.8, 4) is 5.75 Å². The number of carbonyl (C=O) groups excluding carboxylic acids is 1. The Labute approximate surface area is 170 Å². The first-order valence-corrected chi connectivity index (χ1v) is 9.65. The Hall–Kier alpha value is -2.71. The van der Waals surface area contributed by atoms with Gasteiger partial charge in [-0.25, -0.2) is 9.18 Å². The number of thiocarbonyl (C=S) groups is 1. The third-order valence-corrected chi connectivity index (χ3v) is 5.28. The molecule has 1 saturated heterocycles. The average Bonchev–Trinajstić information content (AvgIpc) is 2.94. The summed E-state index contributed by atoms with van der Waals surface area (Å²) in [6.07, 6.45) is 0.907. The molecule has 2 aromatic carbocycles. The van der Waals surface area contributed by atoms with Gasteiger partial charge in [-0.1, -0.05) is 55.2 Å². The fourth-order valence-electron chi connectivity index (χ4n) is 2.62. The molecular weight excluding hydrogens is 401 g/mol. The second kappa shape index (κ2) is 8.53. The van der Waals surface area contributed by atoms with Gasteiger partial charge in [0.25, 0.3) is 5.91 Å². The molecule has 1 unspecified atom stereocenters. The number of halogens is 1. The fourth-order valence-corrected chi connectivity index (χ4v) is 3.91. The lowest BCUT2D eigenvalue weighted by molar-refractivity contribution is -0.145. The normalized spacial score (nSPS) is 16.5. The number of amides is 1. The molecule has 1 aliphatic rings. The molecule has 1 heterocycles. The highest BCUT2D eigenvalue weighted by Gasteiger charge is 2.33. The van der Waals surface area contributed by atoms with Gasteiger partial charge < -0.3 is 9.84 Å². The molecule has 0 saturated carbocycles. The lowest BCUT2D eigenvalue weighted by Gasteiger charge is -2.15. The topological polar surface area (TPSA) is 66.8 Å². The number of aliphatic carboxylic acids is 1. The summed E-state index contributed by atoms with van der Waals surface area (Å²) in [6, 6.07) is 12.5. The van der Waals surface area contributed by atoms with Gasteiger partial charge in [0.1, 0.15) is 11.6 Å². The van der Waals surface area contributed by atoms with E-state index in [0.29, 0.717) is 28.3 Å². The van der Waals surface area contributed by atoms with Crippen molar-refractivity contribution < 1.29 is 23.8 Å². The Bertz CT molecular complexity index is 976. The average molecular weight is 417 g/mol. The molecule has 0 spiro atoms. The van der Waals surface area contributed by atoms with Crippen LogP contribution in [0.1, 0.15) is 18.9 Å². The number of hydrogen-bond acceptors (Lipinski definition) is 5. The number of carbonyl (C=O) groups is 2. The first-order valence-electron chi connectivity index (χ1n) is 8.42. The van der Waals surface area contributed by atoms with E-state index in [4.69, 9.17) is 17.0 Å². The maximum Gasteiger partial charge on any atom is 0.344 e. The molecule has 8 heteroatoms. The van der Waals surface area contributed by atoms with Crippen LogP contribution in [0.25, 0.3) is 6.08 Å². The summed E-state index contributed by atoms with van der Waals surface area (Å²) in [7, 11) is 0. The Balaban J connectivity index is 1.92. The number of nitrogens with zero attached hydrogens (tertiary/aromatic N) is 1. The number of ether oxygens (including phenoxy) is 1. The molecule has 1 fully saturated rings. The molecule has 3 rings (SSSR count). The molecule has 144 valence electrons. The van der Waals surface area contributed by atoms with Gasteiger partial charge >= 0.3 is 5.97 Å². The summed E-state index contributed by atoms with van der Waals surface area (Å²) in [5.74, 6) is -1.54. The standard InChI is InChI=1S/C20H16FNO4S2/c1-2-15(19(24)25)26-16-9-4-3-6-12(16)10-17-18(23)22(20(27)28-17)14-8-5-7-13(21)11-14/h3-11,15H,2H2,1H3,(H,24,25)/b17-10+. The first-order chi connectivity index (χ1) is 13.4. The van der Waals surface area contributed by atoms with Gasteiger partial charge in [-0.15, -0.1) is 0 Å². The molecule has 5 nitrogen and oxygen atoms in total. The van der Waals surface area contributed by atoms with Crippen molar-refractivity contribution in [3.05, 3.63) is 64.8 Å². The van der Waals surface area contributed by atoms with Crippen molar-refractivity contribution in [1.82, 2.24) is 0 Å². The molecule has 1 N–H and O–H groups in total. The van der Waals surface area contributed by atoms with Gasteiger partial charge in [-0.3, -0.25) is 9.69 Å². The van der Waals surface area contributed by atoms with E-state index in [0.717, 1.165) is 11.8 Å². The lowest BCUT2D eigenvalue weighted by Crippen LogP contribution is -2.27. The van der Waals surface area contributed by atoms with Crippen LogP contribution >= 0.6 is 24.0 Å². The number of para-hydroxylation sites is 1. The van der Waals surface area contributed by atoms with Crippen LogP contribution in [0.2, 0.25) is 0 Å². The molecule has 0 bridgehead atoms. The predicted molar refractivity (Wildman–Crippen MR) is 111 cm³/mol. The Morgan fingerprint density at radius 2 is 2.07 bits per heavy atom. The molecule has 0 aliphatic carbocycles. The number of hydrogen-bond donors (Lipinski definition) is 1. The summed E-state index contributed by atoms with van der Waals surface area (Å²) >= 11 is 6.38. The zero-order chi connectivity index (χ0) is 20.3. The molecule has 2 aromatic rings. The van der Waals surface area contributed by atoms with E-state index in [1.807, 2.05) is 0 Å². The van der Waals surface area contributed by atoms with Crippen LogP contribution in [-0.4, -0.2) is 27.4 Å². The van der Waals surface area contributed by atoms with Gasteiger partial charge in [-0.2, -0.15) is 0 Å². The van der Waals surface area contributed by atoms with Gasteiger partial charge in [0, 0.05) is 5.56 Å². The van der Waals surface area contributed by atoms with E-state index < -0.39 is 17.9 Å². The predicted octanol–water partition coefficient (Wildman–Crippen LogP) is 4.47. The van der Waals surface area contributed by atoms with Crippen LogP contribution < -0.4 is 9.64 Å². The third-order valence-electron chi connectivity index (χ3n) is 3.98. The fraction of sp³-hybridized carbons (Fsp3) is 0.150. The largest absolute Gasteiger partial charge is 0.479 e. The number of thioether (sulfide) groups is 1. The van der Waals surface area contributed by atoms with E-state index in [1.165, 1.54) is 23.1 Å². The van der Waals surface area contributed by atoms with Crippen molar-refractivity contribution >= 4 is 51.9 Å². The first kappa shape index (κ1) is 20.0. The van der Waals surface area contributed by atoms with E-state index in [-0.39, 0.29) is 10.2 Å². The molecule has 1 aliphatic heterocycles. The summed E-state index contributed by atoms with van der Waals surface area (Å²) in [5.41, 5.74) is 0.911. The van der Waals surface area contributed by atoms with Crippen LogP contribution in [-0.2, 0) is 9.59 Å². The monoisotopic (exact) mass is 417 g/mol. The van der Waals surface area contributed by atoms with Crippen LogP contribution in [0, 0.1) is 5.82 Å². The van der Waals surface area contributed by atoms with Gasteiger partial charge in [-0.05, 0) is 36.8 Å². The molecule has 1 amide bonds. The Morgan fingerprint density at radius 1 is 1.32 bits per heavy atom. The smallest absolute Gasteiger partial charge is 0.344 e. The van der Waals surface area contributed by atoms with E-state index in [9.17, 15) is 19.1 Å². The number of benzene rings is 2. The maximum absolute atomic E-state index is 13.5. The Morgan fingerprint density at radius 3 is 2.75 bits per heavy atom. The number of carboxylic acid groups (broad SMARTS) is 1. The molecule has 1 atom stereocenters. The van der Waals surface area contributed by atoms with Crippen molar-refractivity contribution in [2.24, 2.45) is 0 Å². The minimum absolute atomic E-state index is 0.289. The van der Waals surface area contributed by atoms with Crippen LogP contribution in [0.4, 0.5) is 10.1 Å². The Kier molecular flexibility index (Phi) is 6.11.